The van der Waals surface area contributed by atoms with Crippen LogP contribution in [0.25, 0.3) is 11.3 Å². The summed E-state index contributed by atoms with van der Waals surface area (Å²) in [7, 11) is 0. The van der Waals surface area contributed by atoms with E-state index in [1.807, 2.05) is 41.1 Å². The number of amides is 1. The van der Waals surface area contributed by atoms with Gasteiger partial charge in [0.1, 0.15) is 5.82 Å². The lowest BCUT2D eigenvalue weighted by atomic mass is 10.1. The van der Waals surface area contributed by atoms with Crippen molar-refractivity contribution in [3.05, 3.63) is 71.8 Å². The topological polar surface area (TPSA) is 59.0 Å². The lowest BCUT2D eigenvalue weighted by molar-refractivity contribution is -0.119. The first-order valence-corrected chi connectivity index (χ1v) is 9.40. The minimum Gasteiger partial charge on any atom is -0.316 e. The highest BCUT2D eigenvalue weighted by atomic mass is 16.2. The molecule has 5 nitrogen and oxygen atoms in total. The zero-order valence-corrected chi connectivity index (χ0v) is 15.5. The van der Waals surface area contributed by atoms with Crippen molar-refractivity contribution in [2.75, 3.05) is 18.4 Å². The minimum atomic E-state index is 0.0204. The molecule has 1 amide bonds. The fraction of sp³-hybridized carbons (Fsp3) is 0.273. The Morgan fingerprint density at radius 2 is 1.96 bits per heavy atom. The highest BCUT2D eigenvalue weighted by Gasteiger charge is 2.24. The van der Waals surface area contributed by atoms with Crippen molar-refractivity contribution >= 4 is 11.7 Å². The fourth-order valence-corrected chi connectivity index (χ4v) is 3.49. The normalized spacial score (nSPS) is 16.4. The minimum absolute atomic E-state index is 0.0204. The molecular weight excluding hydrogens is 336 g/mol. The number of carbonyl (C=O) groups excluding carboxylic acids is 1. The summed E-state index contributed by atoms with van der Waals surface area (Å²) in [5.41, 5.74) is 4.28. The third-order valence-electron chi connectivity index (χ3n) is 5.06. The van der Waals surface area contributed by atoms with Crippen LogP contribution in [0, 0.1) is 12.8 Å². The van der Waals surface area contributed by atoms with Gasteiger partial charge >= 0.3 is 0 Å². The van der Waals surface area contributed by atoms with Gasteiger partial charge < -0.3 is 10.6 Å². The van der Waals surface area contributed by atoms with Gasteiger partial charge in [0.25, 0.3) is 0 Å². The second-order valence-electron chi connectivity index (χ2n) is 7.05. The molecule has 1 fully saturated rings. The van der Waals surface area contributed by atoms with Crippen molar-refractivity contribution in [2.24, 2.45) is 5.92 Å². The van der Waals surface area contributed by atoms with Crippen LogP contribution < -0.4 is 10.6 Å². The Labute approximate surface area is 159 Å². The van der Waals surface area contributed by atoms with E-state index >= 15 is 0 Å². The number of carbonyl (C=O) groups is 1. The first kappa shape index (κ1) is 17.5. The Morgan fingerprint density at radius 1 is 1.19 bits per heavy atom. The summed E-state index contributed by atoms with van der Waals surface area (Å²) in [6.45, 7) is 4.33. The van der Waals surface area contributed by atoms with Gasteiger partial charge in [-0.25, -0.2) is 4.68 Å². The Balaban J connectivity index is 1.66. The van der Waals surface area contributed by atoms with Crippen LogP contribution in [0.15, 0.2) is 60.7 Å². The second kappa shape index (κ2) is 7.76. The molecule has 1 aromatic heterocycles. The molecule has 1 atom stereocenters. The maximum absolute atomic E-state index is 12.6. The quantitative estimate of drug-likeness (QED) is 0.733. The molecule has 3 aromatic rings. The predicted octanol–water partition coefficient (Wildman–Crippen LogP) is 3.45. The average Bonchev–Trinajstić information content (AvgIpc) is 3.34. The van der Waals surface area contributed by atoms with E-state index in [-0.39, 0.29) is 11.8 Å². The molecule has 0 radical (unpaired) electrons. The van der Waals surface area contributed by atoms with Gasteiger partial charge in [0.15, 0.2) is 0 Å². The van der Waals surface area contributed by atoms with Gasteiger partial charge in [0, 0.05) is 18.2 Å². The molecule has 1 aliphatic rings. The van der Waals surface area contributed by atoms with E-state index in [0.29, 0.717) is 6.54 Å². The lowest BCUT2D eigenvalue weighted by Crippen LogP contribution is -2.26. The number of rotatable bonds is 5. The van der Waals surface area contributed by atoms with Gasteiger partial charge in [-0.3, -0.25) is 4.79 Å². The van der Waals surface area contributed by atoms with Gasteiger partial charge in [0.05, 0.1) is 18.2 Å². The molecule has 2 N–H and O–H groups in total. The number of nitrogens with zero attached hydrogens (tertiary/aromatic N) is 2. The molecule has 5 heteroatoms. The first-order chi connectivity index (χ1) is 13.2. The number of nitrogens with one attached hydrogen (secondary N) is 2. The molecule has 1 aliphatic heterocycles. The second-order valence-corrected chi connectivity index (χ2v) is 7.05. The highest BCUT2D eigenvalue weighted by Crippen LogP contribution is 2.26. The zero-order chi connectivity index (χ0) is 18.6. The van der Waals surface area contributed by atoms with E-state index in [9.17, 15) is 4.79 Å². The van der Waals surface area contributed by atoms with Gasteiger partial charge in [-0.15, -0.1) is 0 Å². The standard InChI is InChI=1S/C22H24N4O/c1-16-7-5-6-10-19(16)20-13-21(24-22(27)18-11-12-23-14-18)26(25-20)15-17-8-3-2-4-9-17/h2-10,13,18,23H,11-12,14-15H2,1H3,(H,24,27). The van der Waals surface area contributed by atoms with E-state index in [1.54, 1.807) is 0 Å². The maximum Gasteiger partial charge on any atom is 0.229 e. The number of hydrogen-bond donors (Lipinski definition) is 2. The molecule has 0 saturated carbocycles. The van der Waals surface area contributed by atoms with E-state index in [4.69, 9.17) is 5.10 Å². The summed E-state index contributed by atoms with van der Waals surface area (Å²) in [6, 6.07) is 20.3. The van der Waals surface area contributed by atoms with Crippen molar-refractivity contribution < 1.29 is 4.79 Å². The molecule has 0 bridgehead atoms. The van der Waals surface area contributed by atoms with Crippen LogP contribution in [-0.4, -0.2) is 28.8 Å². The van der Waals surface area contributed by atoms with E-state index in [1.165, 1.54) is 5.56 Å². The Morgan fingerprint density at radius 3 is 2.70 bits per heavy atom. The number of benzene rings is 2. The number of hydrogen-bond acceptors (Lipinski definition) is 3. The molecule has 4 rings (SSSR count). The Kier molecular flexibility index (Phi) is 5.03. The summed E-state index contributed by atoms with van der Waals surface area (Å²) in [5, 5.41) is 11.2. The Bertz CT molecular complexity index is 926. The predicted molar refractivity (Wildman–Crippen MR) is 108 cm³/mol. The van der Waals surface area contributed by atoms with Crippen molar-refractivity contribution in [2.45, 2.75) is 19.9 Å². The third-order valence-corrected chi connectivity index (χ3v) is 5.06. The SMILES string of the molecule is Cc1ccccc1-c1cc(NC(=O)C2CCNC2)n(Cc2ccccc2)n1. The molecule has 1 unspecified atom stereocenters. The molecular formula is C22H24N4O. The number of anilines is 1. The van der Waals surface area contributed by atoms with Crippen molar-refractivity contribution in [3.63, 3.8) is 0 Å². The molecule has 2 aromatic carbocycles. The van der Waals surface area contributed by atoms with Gasteiger partial charge in [-0.2, -0.15) is 5.10 Å². The summed E-state index contributed by atoms with van der Waals surface area (Å²) in [6.07, 6.45) is 0.878. The fourth-order valence-electron chi connectivity index (χ4n) is 3.49. The van der Waals surface area contributed by atoms with Crippen LogP contribution in [0.5, 0.6) is 0 Å². The van der Waals surface area contributed by atoms with E-state index < -0.39 is 0 Å². The van der Waals surface area contributed by atoms with Crippen molar-refractivity contribution in [3.8, 4) is 11.3 Å². The Hall–Kier alpha value is -2.92. The molecule has 2 heterocycles. The van der Waals surface area contributed by atoms with Crippen LogP contribution >= 0.6 is 0 Å². The van der Waals surface area contributed by atoms with Crippen molar-refractivity contribution in [1.29, 1.82) is 0 Å². The average molecular weight is 360 g/mol. The van der Waals surface area contributed by atoms with E-state index in [2.05, 4.69) is 41.8 Å². The van der Waals surface area contributed by atoms with Crippen LogP contribution in [0.4, 0.5) is 5.82 Å². The zero-order valence-electron chi connectivity index (χ0n) is 15.5. The molecule has 138 valence electrons. The van der Waals surface area contributed by atoms with Crippen molar-refractivity contribution in [1.82, 2.24) is 15.1 Å². The summed E-state index contributed by atoms with van der Waals surface area (Å²) >= 11 is 0. The monoisotopic (exact) mass is 360 g/mol. The lowest BCUT2D eigenvalue weighted by Gasteiger charge is -2.12. The van der Waals surface area contributed by atoms with Crippen LogP contribution in [0.1, 0.15) is 17.5 Å². The maximum atomic E-state index is 12.6. The van der Waals surface area contributed by atoms with Gasteiger partial charge in [-0.1, -0.05) is 54.6 Å². The molecule has 27 heavy (non-hydrogen) atoms. The van der Waals surface area contributed by atoms with Crippen LogP contribution in [0.3, 0.4) is 0 Å². The van der Waals surface area contributed by atoms with Crippen LogP contribution in [0.2, 0.25) is 0 Å². The molecule has 0 spiro atoms. The summed E-state index contributed by atoms with van der Waals surface area (Å²) < 4.78 is 1.89. The summed E-state index contributed by atoms with van der Waals surface area (Å²) in [5.74, 6) is 0.825. The highest BCUT2D eigenvalue weighted by molar-refractivity contribution is 5.92. The third kappa shape index (κ3) is 3.93. The van der Waals surface area contributed by atoms with E-state index in [0.717, 1.165) is 42.1 Å². The van der Waals surface area contributed by atoms with Crippen LogP contribution in [-0.2, 0) is 11.3 Å². The van der Waals surface area contributed by atoms with Gasteiger partial charge in [-0.05, 0) is 31.0 Å². The number of aryl methyl sites for hydroxylation is 1. The largest absolute Gasteiger partial charge is 0.316 e. The van der Waals surface area contributed by atoms with Gasteiger partial charge in [0.2, 0.25) is 5.91 Å². The molecule has 1 saturated heterocycles. The molecule has 0 aliphatic carbocycles. The smallest absolute Gasteiger partial charge is 0.229 e. The first-order valence-electron chi connectivity index (χ1n) is 9.40. The number of aromatic nitrogens is 2. The summed E-state index contributed by atoms with van der Waals surface area (Å²) in [4.78, 5) is 12.6.